The lowest BCUT2D eigenvalue weighted by Gasteiger charge is -2.30. The average Bonchev–Trinajstić information content (AvgIpc) is 3.22. The molecule has 2 aliphatic rings. The standard InChI is InChI=1S/C15H24N4O/c1-11-8-14(18(2)17-11)15(20)19(13-5-6-13)10-12-4-3-7-16-9-12/h8,12-13,16H,3-7,9-10H2,1-2H3. The number of nitrogens with one attached hydrogen (secondary N) is 1. The van der Waals surface area contributed by atoms with Gasteiger partial charge < -0.3 is 10.2 Å². The normalized spacial score (nSPS) is 22.8. The van der Waals surface area contributed by atoms with Crippen molar-refractivity contribution in [3.8, 4) is 0 Å². The van der Waals surface area contributed by atoms with E-state index in [0.717, 1.165) is 43.9 Å². The number of aryl methyl sites for hydroxylation is 2. The molecule has 1 saturated heterocycles. The summed E-state index contributed by atoms with van der Waals surface area (Å²) < 4.78 is 1.71. The van der Waals surface area contributed by atoms with Crippen LogP contribution < -0.4 is 5.32 Å². The molecule has 0 spiro atoms. The molecule has 1 aliphatic carbocycles. The van der Waals surface area contributed by atoms with E-state index in [9.17, 15) is 4.79 Å². The maximum atomic E-state index is 12.8. The highest BCUT2D eigenvalue weighted by molar-refractivity contribution is 5.93. The summed E-state index contributed by atoms with van der Waals surface area (Å²) in [5.74, 6) is 0.754. The minimum absolute atomic E-state index is 0.154. The van der Waals surface area contributed by atoms with Crippen molar-refractivity contribution in [2.45, 2.75) is 38.6 Å². The van der Waals surface area contributed by atoms with Gasteiger partial charge in [0.15, 0.2) is 0 Å². The second-order valence-corrected chi connectivity index (χ2v) is 6.20. The molecule has 1 atom stereocenters. The molecule has 110 valence electrons. The van der Waals surface area contributed by atoms with Crippen LogP contribution in [-0.2, 0) is 7.05 Å². The minimum Gasteiger partial charge on any atom is -0.334 e. The number of carbonyl (C=O) groups is 1. The summed E-state index contributed by atoms with van der Waals surface area (Å²) in [7, 11) is 1.85. The van der Waals surface area contributed by atoms with Gasteiger partial charge >= 0.3 is 0 Å². The van der Waals surface area contributed by atoms with Crippen molar-refractivity contribution in [3.63, 3.8) is 0 Å². The summed E-state index contributed by atoms with van der Waals surface area (Å²) >= 11 is 0. The van der Waals surface area contributed by atoms with E-state index in [0.29, 0.717) is 12.0 Å². The topological polar surface area (TPSA) is 50.2 Å². The van der Waals surface area contributed by atoms with Gasteiger partial charge in [0.1, 0.15) is 5.69 Å². The zero-order valence-electron chi connectivity index (χ0n) is 12.4. The van der Waals surface area contributed by atoms with Gasteiger partial charge in [-0.25, -0.2) is 0 Å². The molecule has 1 aromatic rings. The molecular formula is C15H24N4O. The molecule has 20 heavy (non-hydrogen) atoms. The van der Waals surface area contributed by atoms with E-state index < -0.39 is 0 Å². The van der Waals surface area contributed by atoms with Crippen LogP contribution in [-0.4, -0.2) is 46.3 Å². The van der Waals surface area contributed by atoms with Crippen LogP contribution in [0.25, 0.3) is 0 Å². The van der Waals surface area contributed by atoms with Crippen LogP contribution >= 0.6 is 0 Å². The van der Waals surface area contributed by atoms with Gasteiger partial charge in [0, 0.05) is 19.6 Å². The van der Waals surface area contributed by atoms with Crippen LogP contribution in [0, 0.1) is 12.8 Å². The molecule has 1 aromatic heterocycles. The van der Waals surface area contributed by atoms with Crippen molar-refractivity contribution >= 4 is 5.91 Å². The molecule has 3 rings (SSSR count). The number of hydrogen-bond acceptors (Lipinski definition) is 3. The quantitative estimate of drug-likeness (QED) is 0.902. The Bertz CT molecular complexity index is 486. The Kier molecular flexibility index (Phi) is 3.78. The Labute approximate surface area is 120 Å². The first-order chi connectivity index (χ1) is 9.65. The fraction of sp³-hybridized carbons (Fsp3) is 0.733. The lowest BCUT2D eigenvalue weighted by atomic mass is 9.99. The van der Waals surface area contributed by atoms with E-state index in [1.807, 2.05) is 20.0 Å². The first kappa shape index (κ1) is 13.6. The van der Waals surface area contributed by atoms with Crippen LogP contribution in [0.3, 0.4) is 0 Å². The van der Waals surface area contributed by atoms with E-state index in [-0.39, 0.29) is 5.91 Å². The van der Waals surface area contributed by atoms with Crippen LogP contribution in [0.5, 0.6) is 0 Å². The summed E-state index contributed by atoms with van der Waals surface area (Å²) in [6.07, 6.45) is 4.77. The molecule has 2 heterocycles. The molecule has 5 nitrogen and oxygen atoms in total. The number of aromatic nitrogens is 2. The fourth-order valence-electron chi connectivity index (χ4n) is 3.10. The Balaban J connectivity index is 1.72. The minimum atomic E-state index is 0.154. The van der Waals surface area contributed by atoms with Crippen molar-refractivity contribution in [2.75, 3.05) is 19.6 Å². The summed E-state index contributed by atoms with van der Waals surface area (Å²) in [6.45, 7) is 4.99. The Morgan fingerprint density at radius 2 is 2.30 bits per heavy atom. The van der Waals surface area contributed by atoms with Crippen molar-refractivity contribution < 1.29 is 4.79 Å². The zero-order chi connectivity index (χ0) is 14.1. The molecular weight excluding hydrogens is 252 g/mol. The Morgan fingerprint density at radius 1 is 1.50 bits per heavy atom. The zero-order valence-corrected chi connectivity index (χ0v) is 12.4. The number of amides is 1. The summed E-state index contributed by atoms with van der Waals surface area (Å²) in [4.78, 5) is 14.9. The molecule has 5 heteroatoms. The summed E-state index contributed by atoms with van der Waals surface area (Å²) in [5, 5.41) is 7.74. The molecule has 2 fully saturated rings. The molecule has 1 unspecified atom stereocenters. The van der Waals surface area contributed by atoms with Gasteiger partial charge in [0.25, 0.3) is 5.91 Å². The van der Waals surface area contributed by atoms with E-state index in [2.05, 4.69) is 15.3 Å². The lowest BCUT2D eigenvalue weighted by molar-refractivity contribution is 0.0693. The van der Waals surface area contributed by atoms with Crippen molar-refractivity contribution in [3.05, 3.63) is 17.5 Å². The van der Waals surface area contributed by atoms with E-state index in [4.69, 9.17) is 0 Å². The van der Waals surface area contributed by atoms with Crippen LogP contribution in [0.2, 0.25) is 0 Å². The van der Waals surface area contributed by atoms with Gasteiger partial charge in [-0.2, -0.15) is 5.10 Å². The molecule has 1 aliphatic heterocycles. The number of nitrogens with zero attached hydrogens (tertiary/aromatic N) is 3. The number of hydrogen-bond donors (Lipinski definition) is 1. The third-order valence-corrected chi connectivity index (χ3v) is 4.32. The predicted octanol–water partition coefficient (Wildman–Crippen LogP) is 1.33. The first-order valence-corrected chi connectivity index (χ1v) is 7.67. The fourth-order valence-corrected chi connectivity index (χ4v) is 3.10. The van der Waals surface area contributed by atoms with Crippen LogP contribution in [0.4, 0.5) is 0 Å². The van der Waals surface area contributed by atoms with Gasteiger partial charge in [-0.05, 0) is 57.7 Å². The monoisotopic (exact) mass is 276 g/mol. The molecule has 1 amide bonds. The average molecular weight is 276 g/mol. The SMILES string of the molecule is Cc1cc(C(=O)N(CC2CCCNC2)C2CC2)n(C)n1. The van der Waals surface area contributed by atoms with Gasteiger partial charge in [-0.3, -0.25) is 9.48 Å². The van der Waals surface area contributed by atoms with Crippen LogP contribution in [0.1, 0.15) is 41.9 Å². The summed E-state index contributed by atoms with van der Waals surface area (Å²) in [6, 6.07) is 2.36. The predicted molar refractivity (Wildman–Crippen MR) is 77.6 cm³/mol. The summed E-state index contributed by atoms with van der Waals surface area (Å²) in [5.41, 5.74) is 1.63. The maximum Gasteiger partial charge on any atom is 0.272 e. The second kappa shape index (κ2) is 5.56. The maximum absolute atomic E-state index is 12.8. The van der Waals surface area contributed by atoms with Gasteiger partial charge in [0.05, 0.1) is 5.69 Å². The van der Waals surface area contributed by atoms with Gasteiger partial charge in [0.2, 0.25) is 0 Å². The van der Waals surface area contributed by atoms with Crippen LogP contribution in [0.15, 0.2) is 6.07 Å². The highest BCUT2D eigenvalue weighted by Crippen LogP contribution is 2.30. The lowest BCUT2D eigenvalue weighted by Crippen LogP contribution is -2.42. The molecule has 1 saturated carbocycles. The van der Waals surface area contributed by atoms with Gasteiger partial charge in [-0.1, -0.05) is 0 Å². The Morgan fingerprint density at radius 3 is 2.85 bits per heavy atom. The van der Waals surface area contributed by atoms with E-state index >= 15 is 0 Å². The third kappa shape index (κ3) is 2.87. The highest BCUT2D eigenvalue weighted by Gasteiger charge is 2.35. The third-order valence-electron chi connectivity index (χ3n) is 4.32. The smallest absolute Gasteiger partial charge is 0.272 e. The van der Waals surface area contributed by atoms with Gasteiger partial charge in [-0.15, -0.1) is 0 Å². The first-order valence-electron chi connectivity index (χ1n) is 7.67. The molecule has 0 bridgehead atoms. The Hall–Kier alpha value is -1.36. The number of carbonyl (C=O) groups excluding carboxylic acids is 1. The van der Waals surface area contributed by atoms with Crippen molar-refractivity contribution in [1.29, 1.82) is 0 Å². The van der Waals surface area contributed by atoms with Crippen molar-refractivity contribution in [1.82, 2.24) is 20.0 Å². The highest BCUT2D eigenvalue weighted by atomic mass is 16.2. The molecule has 1 N–H and O–H groups in total. The second-order valence-electron chi connectivity index (χ2n) is 6.20. The molecule has 0 aromatic carbocycles. The van der Waals surface area contributed by atoms with E-state index in [1.165, 1.54) is 12.8 Å². The number of piperidine rings is 1. The van der Waals surface area contributed by atoms with Crippen molar-refractivity contribution in [2.24, 2.45) is 13.0 Å². The largest absolute Gasteiger partial charge is 0.334 e. The van der Waals surface area contributed by atoms with E-state index in [1.54, 1.807) is 4.68 Å². The number of rotatable bonds is 4. The molecule has 0 radical (unpaired) electrons.